The number of rotatable bonds is 6. The number of benzene rings is 2. The van der Waals surface area contributed by atoms with Crippen molar-refractivity contribution in [3.63, 3.8) is 0 Å². The van der Waals surface area contributed by atoms with Gasteiger partial charge in [0.15, 0.2) is 0 Å². The highest BCUT2D eigenvalue weighted by atomic mass is 19.1. The van der Waals surface area contributed by atoms with E-state index in [0.29, 0.717) is 15.9 Å². The van der Waals surface area contributed by atoms with Crippen LogP contribution < -0.4 is 4.84 Å². The Hall–Kier alpha value is -4.49. The lowest BCUT2D eigenvalue weighted by Gasteiger charge is -2.08. The summed E-state index contributed by atoms with van der Waals surface area (Å²) < 4.78 is 14.5. The lowest BCUT2D eigenvalue weighted by Crippen LogP contribution is -2.18. The Labute approximate surface area is 181 Å². The first-order valence-electron chi connectivity index (χ1n) is 9.58. The van der Waals surface area contributed by atoms with E-state index in [1.807, 2.05) is 30.3 Å². The van der Waals surface area contributed by atoms with Crippen LogP contribution in [0.25, 0.3) is 27.7 Å². The molecule has 0 radical (unpaired) electrons. The molecule has 1 aliphatic rings. The van der Waals surface area contributed by atoms with Crippen molar-refractivity contribution in [3.05, 3.63) is 99.2 Å². The first-order valence-corrected chi connectivity index (χ1v) is 9.58. The monoisotopic (exact) mass is 432 g/mol. The van der Waals surface area contributed by atoms with E-state index in [4.69, 9.17) is 10.4 Å². The van der Waals surface area contributed by atoms with Crippen LogP contribution >= 0.6 is 0 Å². The van der Waals surface area contributed by atoms with Crippen LogP contribution in [0.3, 0.4) is 0 Å². The Bertz CT molecular complexity index is 1280. The molecular formula is C23H17FN4O4. The number of carbonyl (C=O) groups is 1. The summed E-state index contributed by atoms with van der Waals surface area (Å²) in [4.78, 5) is 20.2. The van der Waals surface area contributed by atoms with Crippen LogP contribution in [0.15, 0.2) is 65.8 Å². The van der Waals surface area contributed by atoms with Gasteiger partial charge in [-0.05, 0) is 63.2 Å². The van der Waals surface area contributed by atoms with E-state index in [1.54, 1.807) is 12.1 Å². The van der Waals surface area contributed by atoms with Crippen molar-refractivity contribution in [3.8, 4) is 11.8 Å². The predicted molar refractivity (Wildman–Crippen MR) is 116 cm³/mol. The fourth-order valence-electron chi connectivity index (χ4n) is 3.44. The van der Waals surface area contributed by atoms with Crippen LogP contribution in [-0.4, -0.2) is 20.9 Å². The molecule has 0 spiro atoms. The van der Waals surface area contributed by atoms with Crippen LogP contribution in [0, 0.1) is 5.82 Å². The van der Waals surface area contributed by atoms with Crippen molar-refractivity contribution in [2.75, 3.05) is 0 Å². The minimum Gasteiger partial charge on any atom is -0.492 e. The van der Waals surface area contributed by atoms with E-state index in [0.717, 1.165) is 22.3 Å². The molecule has 0 saturated carbocycles. The van der Waals surface area contributed by atoms with Crippen LogP contribution in [0.4, 0.5) is 4.39 Å². The molecule has 0 fully saturated rings. The Morgan fingerprint density at radius 3 is 2.50 bits per heavy atom. The number of halogens is 1. The summed E-state index contributed by atoms with van der Waals surface area (Å²) in [6.07, 6.45) is 3.47. The molecule has 0 bridgehead atoms. The summed E-state index contributed by atoms with van der Waals surface area (Å²) in [7, 11) is 0. The molecule has 8 nitrogen and oxygen atoms in total. The van der Waals surface area contributed by atoms with E-state index in [2.05, 4.69) is 10.0 Å². The van der Waals surface area contributed by atoms with Crippen LogP contribution in [0.2, 0.25) is 0 Å². The van der Waals surface area contributed by atoms with Gasteiger partial charge in [-0.2, -0.15) is 0 Å². The number of hydrogen-bond donors (Lipinski definition) is 2. The predicted octanol–water partition coefficient (Wildman–Crippen LogP) is 4.83. The highest BCUT2D eigenvalue weighted by Gasteiger charge is 2.23. The molecule has 0 atom stereocenters. The van der Waals surface area contributed by atoms with E-state index in [1.165, 1.54) is 24.3 Å². The van der Waals surface area contributed by atoms with Crippen molar-refractivity contribution in [2.45, 2.75) is 13.0 Å². The molecule has 32 heavy (non-hydrogen) atoms. The number of carbonyl (C=O) groups excluding carboxylic acids is 1. The molecule has 1 aromatic heterocycles. The smallest absolute Gasteiger partial charge is 0.337 e. The fourth-order valence-corrected chi connectivity index (χ4v) is 3.44. The average Bonchev–Trinajstić information content (AvgIpc) is 3.27. The summed E-state index contributed by atoms with van der Waals surface area (Å²) in [6.45, 7) is 0.258. The van der Waals surface area contributed by atoms with Gasteiger partial charge in [0.05, 0.1) is 13.0 Å². The molecule has 1 aliphatic carbocycles. The van der Waals surface area contributed by atoms with Gasteiger partial charge in [0, 0.05) is 17.0 Å². The molecule has 2 N–H and O–H groups in total. The summed E-state index contributed by atoms with van der Waals surface area (Å²) in [5, 5.41) is 22.8. The standard InChI is InChI=1S/C23H17FN4O4/c24-18-5-6-19-16(9-14-1-3-15(4-2-14)13-26-27-25)10-17(20(19)12-18)11-23(31)32-28-21(29)7-8-22(28)30/h1-10,12,29-30H,11,13H2. The molecule has 3 aromatic rings. The van der Waals surface area contributed by atoms with Crippen LogP contribution in [-0.2, 0) is 11.3 Å². The number of nitrogens with zero attached hydrogens (tertiary/aromatic N) is 4. The topological polar surface area (TPSA) is 120 Å². The van der Waals surface area contributed by atoms with Gasteiger partial charge in [0.2, 0.25) is 11.8 Å². The number of aromatic nitrogens is 1. The molecule has 2 aromatic carbocycles. The van der Waals surface area contributed by atoms with Gasteiger partial charge in [0.1, 0.15) is 5.82 Å². The third-order valence-corrected chi connectivity index (χ3v) is 4.91. The second-order valence-electron chi connectivity index (χ2n) is 7.07. The number of azide groups is 1. The quantitative estimate of drug-likeness (QED) is 0.329. The molecule has 1 heterocycles. The maximum atomic E-state index is 13.9. The Balaban J connectivity index is 1.61. The summed E-state index contributed by atoms with van der Waals surface area (Å²) in [5.74, 6) is -2.02. The molecule has 0 saturated heterocycles. The number of hydrogen-bond acceptors (Lipinski definition) is 5. The molecule has 0 aliphatic heterocycles. The van der Waals surface area contributed by atoms with Gasteiger partial charge in [-0.1, -0.05) is 35.4 Å². The van der Waals surface area contributed by atoms with Gasteiger partial charge in [-0.15, -0.1) is 4.73 Å². The van der Waals surface area contributed by atoms with Crippen molar-refractivity contribution in [1.29, 1.82) is 0 Å². The SMILES string of the molecule is [N-]=[N+]=NCc1ccc(C=C2C=C(CC(=O)On3c(O)ccc3O)c3cc(F)ccc32)cc1. The highest BCUT2D eigenvalue weighted by Crippen LogP contribution is 2.38. The van der Waals surface area contributed by atoms with Gasteiger partial charge < -0.3 is 15.1 Å². The zero-order chi connectivity index (χ0) is 22.7. The maximum absolute atomic E-state index is 13.9. The molecule has 4 rings (SSSR count). The number of allylic oxidation sites excluding steroid dienone is 2. The first-order chi connectivity index (χ1) is 15.4. The second kappa shape index (κ2) is 8.71. The van der Waals surface area contributed by atoms with Crippen molar-refractivity contribution >= 4 is 23.2 Å². The fraction of sp³-hybridized carbons (Fsp3) is 0.0870. The van der Waals surface area contributed by atoms with E-state index in [-0.39, 0.29) is 13.0 Å². The Kier molecular flexibility index (Phi) is 5.65. The summed E-state index contributed by atoms with van der Waals surface area (Å²) >= 11 is 0. The maximum Gasteiger partial charge on any atom is 0.337 e. The van der Waals surface area contributed by atoms with E-state index in [9.17, 15) is 19.4 Å². The molecule has 160 valence electrons. The molecule has 9 heteroatoms. The largest absolute Gasteiger partial charge is 0.492 e. The normalized spacial score (nSPS) is 13.4. The molecule has 0 amide bonds. The second-order valence-corrected chi connectivity index (χ2v) is 7.07. The molecule has 0 unspecified atom stereocenters. The number of fused-ring (bicyclic) bond motifs is 1. The van der Waals surface area contributed by atoms with Gasteiger partial charge in [-0.3, -0.25) is 0 Å². The van der Waals surface area contributed by atoms with E-state index < -0.39 is 23.5 Å². The Morgan fingerprint density at radius 2 is 1.81 bits per heavy atom. The first kappa shape index (κ1) is 20.8. The lowest BCUT2D eigenvalue weighted by atomic mass is 10.0. The third kappa shape index (κ3) is 4.33. The zero-order valence-electron chi connectivity index (χ0n) is 16.6. The average molecular weight is 432 g/mol. The number of aromatic hydroxyl groups is 2. The Morgan fingerprint density at radius 1 is 1.09 bits per heavy atom. The van der Waals surface area contributed by atoms with Gasteiger partial charge >= 0.3 is 5.97 Å². The van der Waals surface area contributed by atoms with Crippen LogP contribution in [0.1, 0.15) is 28.7 Å². The van der Waals surface area contributed by atoms with Crippen molar-refractivity contribution in [2.24, 2.45) is 5.11 Å². The van der Waals surface area contributed by atoms with Crippen molar-refractivity contribution in [1.82, 2.24) is 4.73 Å². The molecular weight excluding hydrogens is 415 g/mol. The van der Waals surface area contributed by atoms with Gasteiger partial charge in [-0.25, -0.2) is 9.18 Å². The minimum absolute atomic E-state index is 0.198. The van der Waals surface area contributed by atoms with E-state index >= 15 is 0 Å². The van der Waals surface area contributed by atoms with Crippen molar-refractivity contribution < 1.29 is 24.2 Å². The van der Waals surface area contributed by atoms with Gasteiger partial charge in [0.25, 0.3) is 0 Å². The zero-order valence-corrected chi connectivity index (χ0v) is 16.6. The lowest BCUT2D eigenvalue weighted by molar-refractivity contribution is -0.144. The minimum atomic E-state index is -0.739. The highest BCUT2D eigenvalue weighted by molar-refractivity contribution is 6.04. The summed E-state index contributed by atoms with van der Waals surface area (Å²) in [5.41, 5.74) is 12.8. The summed E-state index contributed by atoms with van der Waals surface area (Å²) in [6, 6.07) is 14.1. The third-order valence-electron chi connectivity index (χ3n) is 4.91. The van der Waals surface area contributed by atoms with Crippen LogP contribution in [0.5, 0.6) is 11.8 Å².